The van der Waals surface area contributed by atoms with E-state index in [0.717, 1.165) is 0 Å². The second-order valence-electron chi connectivity index (χ2n) is 4.26. The van der Waals surface area contributed by atoms with Gasteiger partial charge in [-0.3, -0.25) is 0 Å². The molecule has 1 aliphatic heterocycles. The second-order valence-corrected chi connectivity index (χ2v) is 4.70. The maximum absolute atomic E-state index is 11.9. The van der Waals surface area contributed by atoms with Crippen LogP contribution in [0.25, 0.3) is 0 Å². The van der Waals surface area contributed by atoms with E-state index in [9.17, 15) is 4.79 Å². The topological polar surface area (TPSA) is 59.6 Å². The maximum Gasteiger partial charge on any atom is 0.323 e. The fourth-order valence-corrected chi connectivity index (χ4v) is 2.03. The zero-order chi connectivity index (χ0) is 14.7. The average molecular weight is 303 g/mol. The SMILES string of the molecule is O=C(Nc1cccc(Cl)c1)Nc1ccc2c(c1)OC=CO2. The number of nitrogens with one attached hydrogen (secondary N) is 2. The Bertz CT molecular complexity index is 716. The summed E-state index contributed by atoms with van der Waals surface area (Å²) >= 11 is 5.86. The fraction of sp³-hybridized carbons (Fsp3) is 0. The summed E-state index contributed by atoms with van der Waals surface area (Å²) < 4.78 is 10.5. The second kappa shape index (κ2) is 5.76. The number of amides is 2. The highest BCUT2D eigenvalue weighted by Crippen LogP contribution is 2.32. The van der Waals surface area contributed by atoms with E-state index in [4.69, 9.17) is 21.1 Å². The molecule has 21 heavy (non-hydrogen) atoms. The number of anilines is 2. The molecule has 2 amide bonds. The molecule has 0 unspecified atom stereocenters. The minimum Gasteiger partial charge on any atom is -0.458 e. The van der Waals surface area contributed by atoms with Crippen molar-refractivity contribution in [3.63, 3.8) is 0 Å². The number of hydrogen-bond acceptors (Lipinski definition) is 3. The van der Waals surface area contributed by atoms with Crippen molar-refractivity contribution in [1.82, 2.24) is 0 Å². The minimum atomic E-state index is -0.371. The zero-order valence-electron chi connectivity index (χ0n) is 10.8. The highest BCUT2D eigenvalue weighted by atomic mass is 35.5. The largest absolute Gasteiger partial charge is 0.458 e. The molecule has 1 heterocycles. The van der Waals surface area contributed by atoms with Crippen LogP contribution in [0.1, 0.15) is 0 Å². The van der Waals surface area contributed by atoms with Gasteiger partial charge < -0.3 is 20.1 Å². The van der Waals surface area contributed by atoms with Crippen molar-refractivity contribution < 1.29 is 14.3 Å². The molecule has 5 nitrogen and oxygen atoms in total. The van der Waals surface area contributed by atoms with Crippen molar-refractivity contribution in [3.05, 3.63) is 60.0 Å². The molecule has 0 saturated heterocycles. The van der Waals surface area contributed by atoms with Gasteiger partial charge in [-0.2, -0.15) is 0 Å². The molecule has 0 spiro atoms. The van der Waals surface area contributed by atoms with E-state index in [1.165, 1.54) is 12.5 Å². The van der Waals surface area contributed by atoms with E-state index in [1.54, 1.807) is 42.5 Å². The Morgan fingerprint density at radius 1 is 0.905 bits per heavy atom. The third kappa shape index (κ3) is 3.27. The molecule has 0 atom stereocenters. The maximum atomic E-state index is 11.9. The Morgan fingerprint density at radius 2 is 1.62 bits per heavy atom. The van der Waals surface area contributed by atoms with E-state index >= 15 is 0 Å². The lowest BCUT2D eigenvalue weighted by Crippen LogP contribution is -2.19. The number of urea groups is 1. The van der Waals surface area contributed by atoms with Crippen LogP contribution < -0.4 is 20.1 Å². The number of hydrogen-bond donors (Lipinski definition) is 2. The zero-order valence-corrected chi connectivity index (χ0v) is 11.6. The van der Waals surface area contributed by atoms with Gasteiger partial charge in [-0.15, -0.1) is 0 Å². The average Bonchev–Trinajstić information content (AvgIpc) is 2.47. The van der Waals surface area contributed by atoms with Crippen LogP contribution in [0.4, 0.5) is 16.2 Å². The van der Waals surface area contributed by atoms with Crippen molar-refractivity contribution in [3.8, 4) is 11.5 Å². The van der Waals surface area contributed by atoms with E-state index in [1.807, 2.05) is 0 Å². The number of rotatable bonds is 2. The predicted octanol–water partition coefficient (Wildman–Crippen LogP) is 4.23. The molecule has 0 bridgehead atoms. The lowest BCUT2D eigenvalue weighted by Gasteiger charge is -2.14. The molecule has 0 aromatic heterocycles. The lowest BCUT2D eigenvalue weighted by molar-refractivity contribution is 0.262. The van der Waals surface area contributed by atoms with Crippen LogP contribution in [-0.4, -0.2) is 6.03 Å². The summed E-state index contributed by atoms with van der Waals surface area (Å²) in [4.78, 5) is 11.9. The fourth-order valence-electron chi connectivity index (χ4n) is 1.84. The van der Waals surface area contributed by atoms with E-state index < -0.39 is 0 Å². The third-order valence-corrected chi connectivity index (χ3v) is 2.96. The van der Waals surface area contributed by atoms with Gasteiger partial charge in [-0.1, -0.05) is 17.7 Å². The highest BCUT2D eigenvalue weighted by molar-refractivity contribution is 6.30. The number of carbonyl (C=O) groups excluding carboxylic acids is 1. The summed E-state index contributed by atoms with van der Waals surface area (Å²) in [5.41, 5.74) is 1.20. The molecule has 2 N–H and O–H groups in total. The summed E-state index contributed by atoms with van der Waals surface area (Å²) in [5.74, 6) is 1.14. The first-order valence-corrected chi connectivity index (χ1v) is 6.54. The van der Waals surface area contributed by atoms with E-state index in [0.29, 0.717) is 27.9 Å². The molecule has 0 saturated carbocycles. The van der Waals surface area contributed by atoms with E-state index in [-0.39, 0.29) is 6.03 Å². The van der Waals surface area contributed by atoms with Crippen molar-refractivity contribution >= 4 is 29.0 Å². The lowest BCUT2D eigenvalue weighted by atomic mass is 10.2. The molecule has 3 rings (SSSR count). The molecule has 1 aliphatic rings. The molecule has 2 aromatic carbocycles. The van der Waals surface area contributed by atoms with Crippen LogP contribution in [0.3, 0.4) is 0 Å². The molecule has 2 aromatic rings. The molecule has 106 valence electrons. The van der Waals surface area contributed by atoms with Gasteiger partial charge in [0.2, 0.25) is 0 Å². The van der Waals surface area contributed by atoms with Gasteiger partial charge >= 0.3 is 6.03 Å². The van der Waals surface area contributed by atoms with Crippen molar-refractivity contribution in [2.24, 2.45) is 0 Å². The van der Waals surface area contributed by atoms with Crippen LogP contribution in [0.5, 0.6) is 11.5 Å². The van der Waals surface area contributed by atoms with Gasteiger partial charge in [0.15, 0.2) is 11.5 Å². The monoisotopic (exact) mass is 302 g/mol. The molecular formula is C15H11ClN2O3. The summed E-state index contributed by atoms with van der Waals surface area (Å²) in [6.45, 7) is 0. The van der Waals surface area contributed by atoms with Crippen LogP contribution in [0.15, 0.2) is 55.0 Å². The first kappa shape index (κ1) is 13.3. The Hall–Kier alpha value is -2.66. The Kier molecular flexibility index (Phi) is 3.66. The van der Waals surface area contributed by atoms with Gasteiger partial charge in [0.25, 0.3) is 0 Å². The number of halogens is 1. The van der Waals surface area contributed by atoms with Crippen LogP contribution in [0, 0.1) is 0 Å². The van der Waals surface area contributed by atoms with Crippen molar-refractivity contribution in [2.75, 3.05) is 10.6 Å². The smallest absolute Gasteiger partial charge is 0.323 e. The Morgan fingerprint density at radius 3 is 2.38 bits per heavy atom. The van der Waals surface area contributed by atoms with Gasteiger partial charge in [-0.25, -0.2) is 4.79 Å². The quantitative estimate of drug-likeness (QED) is 0.873. The number of ether oxygens (including phenoxy) is 2. The molecule has 6 heteroatoms. The number of benzene rings is 2. The summed E-state index contributed by atoms with van der Waals surface area (Å²) in [6.07, 6.45) is 2.87. The third-order valence-electron chi connectivity index (χ3n) is 2.73. The normalized spacial score (nSPS) is 11.9. The van der Waals surface area contributed by atoms with Crippen molar-refractivity contribution in [1.29, 1.82) is 0 Å². The first-order valence-electron chi connectivity index (χ1n) is 6.17. The number of carbonyl (C=O) groups is 1. The summed E-state index contributed by atoms with van der Waals surface area (Å²) in [7, 11) is 0. The van der Waals surface area contributed by atoms with Gasteiger partial charge in [-0.05, 0) is 30.3 Å². The minimum absolute atomic E-state index is 0.371. The first-order chi connectivity index (χ1) is 10.2. The predicted molar refractivity (Wildman–Crippen MR) is 80.9 cm³/mol. The summed E-state index contributed by atoms with van der Waals surface area (Å²) in [6, 6.07) is 11.6. The molecule has 0 radical (unpaired) electrons. The molecular weight excluding hydrogens is 292 g/mol. The van der Waals surface area contributed by atoms with Crippen LogP contribution in [-0.2, 0) is 0 Å². The van der Waals surface area contributed by atoms with Crippen molar-refractivity contribution in [2.45, 2.75) is 0 Å². The van der Waals surface area contributed by atoms with Crippen LogP contribution in [0.2, 0.25) is 5.02 Å². The van der Waals surface area contributed by atoms with Gasteiger partial charge in [0, 0.05) is 22.5 Å². The standard InChI is InChI=1S/C15H11ClN2O3/c16-10-2-1-3-11(8-10)17-15(19)18-12-4-5-13-14(9-12)21-7-6-20-13/h1-9H,(H2,17,18,19). The highest BCUT2D eigenvalue weighted by Gasteiger charge is 2.10. The Labute approximate surface area is 126 Å². The van der Waals surface area contributed by atoms with E-state index in [2.05, 4.69) is 10.6 Å². The molecule has 0 aliphatic carbocycles. The van der Waals surface area contributed by atoms with Crippen LogP contribution >= 0.6 is 11.6 Å². The van der Waals surface area contributed by atoms with Gasteiger partial charge in [0.1, 0.15) is 12.5 Å². The van der Waals surface area contributed by atoms with Gasteiger partial charge in [0.05, 0.1) is 0 Å². The number of fused-ring (bicyclic) bond motifs is 1. The Balaban J connectivity index is 1.68. The molecule has 0 fully saturated rings. The summed E-state index contributed by atoms with van der Waals surface area (Å²) in [5, 5.41) is 5.95.